The van der Waals surface area contributed by atoms with E-state index in [1.54, 1.807) is 19.2 Å². The van der Waals surface area contributed by atoms with Gasteiger partial charge in [-0.25, -0.2) is 4.98 Å². The molecule has 3 nitrogen and oxygen atoms in total. The van der Waals surface area contributed by atoms with Crippen LogP contribution in [0.4, 0.5) is 0 Å². The molecule has 1 heterocycles. The van der Waals surface area contributed by atoms with Crippen molar-refractivity contribution < 1.29 is 9.84 Å². The predicted octanol–water partition coefficient (Wildman–Crippen LogP) is 4.84. The van der Waals surface area contributed by atoms with Gasteiger partial charge in [0.25, 0.3) is 0 Å². The van der Waals surface area contributed by atoms with Gasteiger partial charge in [0.15, 0.2) is 0 Å². The Labute approximate surface area is 131 Å². The van der Waals surface area contributed by atoms with Crippen LogP contribution >= 0.6 is 15.9 Å². The zero-order valence-electron chi connectivity index (χ0n) is 11.5. The molecule has 0 spiro atoms. The van der Waals surface area contributed by atoms with Crippen LogP contribution in [-0.4, -0.2) is 10.1 Å². The zero-order chi connectivity index (χ0) is 14.8. The highest BCUT2D eigenvalue weighted by Crippen LogP contribution is 2.36. The lowest BCUT2D eigenvalue weighted by molar-refractivity contribution is 0.194. The summed E-state index contributed by atoms with van der Waals surface area (Å²) in [5, 5.41) is 12.0. The van der Waals surface area contributed by atoms with E-state index in [0.29, 0.717) is 17.2 Å². The summed E-state index contributed by atoms with van der Waals surface area (Å²) in [6, 6.07) is 15.5. The third-order valence-electron chi connectivity index (χ3n) is 3.29. The molecule has 4 heteroatoms. The Morgan fingerprint density at radius 3 is 2.71 bits per heavy atom. The summed E-state index contributed by atoms with van der Waals surface area (Å²) in [5.41, 5.74) is 0.664. The predicted molar refractivity (Wildman–Crippen MR) is 86.6 cm³/mol. The first-order valence-corrected chi connectivity index (χ1v) is 7.44. The van der Waals surface area contributed by atoms with Gasteiger partial charge in [-0.1, -0.05) is 30.3 Å². The van der Waals surface area contributed by atoms with Gasteiger partial charge in [0.2, 0.25) is 5.88 Å². The first kappa shape index (κ1) is 14.0. The summed E-state index contributed by atoms with van der Waals surface area (Å²) in [4.78, 5) is 4.21. The Bertz CT molecular complexity index is 787. The molecule has 0 saturated carbocycles. The quantitative estimate of drug-likeness (QED) is 0.739. The number of benzene rings is 2. The van der Waals surface area contributed by atoms with Gasteiger partial charge in [-0.2, -0.15) is 0 Å². The lowest BCUT2D eigenvalue weighted by atomic mass is 10.1. The standard InChI is InChI=1S/C17H14BrNO2/c1-11(20)13-7-4-10-19-17(13)21-15-9-8-12-5-2-3-6-14(12)16(15)18/h2-11,20H,1H3/t11-/m1/s1. The van der Waals surface area contributed by atoms with E-state index in [4.69, 9.17) is 4.74 Å². The fourth-order valence-corrected chi connectivity index (χ4v) is 2.78. The molecule has 0 amide bonds. The minimum absolute atomic E-state index is 0.420. The van der Waals surface area contributed by atoms with Crippen molar-refractivity contribution in [2.45, 2.75) is 13.0 Å². The molecule has 1 aromatic heterocycles. The van der Waals surface area contributed by atoms with E-state index in [1.807, 2.05) is 42.5 Å². The van der Waals surface area contributed by atoms with Crippen LogP contribution in [0, 0.1) is 0 Å². The molecule has 0 fully saturated rings. The third-order valence-corrected chi connectivity index (χ3v) is 4.10. The highest BCUT2D eigenvalue weighted by Gasteiger charge is 2.13. The van der Waals surface area contributed by atoms with Crippen molar-refractivity contribution in [3.05, 3.63) is 64.8 Å². The van der Waals surface area contributed by atoms with Gasteiger partial charge in [-0.05, 0) is 51.8 Å². The highest BCUT2D eigenvalue weighted by molar-refractivity contribution is 9.10. The molecule has 0 bridgehead atoms. The summed E-state index contributed by atoms with van der Waals surface area (Å²) >= 11 is 3.59. The molecule has 3 aromatic rings. The van der Waals surface area contributed by atoms with Crippen LogP contribution in [0.25, 0.3) is 10.8 Å². The van der Waals surface area contributed by atoms with Crippen molar-refractivity contribution in [3.8, 4) is 11.6 Å². The first-order valence-electron chi connectivity index (χ1n) is 6.65. The Morgan fingerprint density at radius 2 is 1.90 bits per heavy atom. The number of pyridine rings is 1. The normalized spacial score (nSPS) is 12.3. The maximum Gasteiger partial charge on any atom is 0.225 e. The van der Waals surface area contributed by atoms with E-state index in [-0.39, 0.29) is 0 Å². The van der Waals surface area contributed by atoms with E-state index < -0.39 is 6.10 Å². The lowest BCUT2D eigenvalue weighted by Crippen LogP contribution is -1.98. The zero-order valence-corrected chi connectivity index (χ0v) is 13.0. The number of halogens is 1. The number of nitrogens with zero attached hydrogens (tertiary/aromatic N) is 1. The number of hydrogen-bond donors (Lipinski definition) is 1. The Balaban J connectivity index is 2.05. The molecule has 1 atom stereocenters. The number of aliphatic hydroxyl groups excluding tert-OH is 1. The number of hydrogen-bond acceptors (Lipinski definition) is 3. The van der Waals surface area contributed by atoms with Crippen LogP contribution in [0.5, 0.6) is 11.6 Å². The molecule has 0 saturated heterocycles. The van der Waals surface area contributed by atoms with Gasteiger partial charge in [-0.3, -0.25) is 0 Å². The molecular formula is C17H14BrNO2. The van der Waals surface area contributed by atoms with Crippen molar-refractivity contribution >= 4 is 26.7 Å². The van der Waals surface area contributed by atoms with Crippen LogP contribution < -0.4 is 4.74 Å². The molecule has 2 aromatic carbocycles. The van der Waals surface area contributed by atoms with E-state index in [2.05, 4.69) is 20.9 Å². The summed E-state index contributed by atoms with van der Waals surface area (Å²) in [7, 11) is 0. The summed E-state index contributed by atoms with van der Waals surface area (Å²) in [6.07, 6.45) is 1.02. The average molecular weight is 344 g/mol. The van der Waals surface area contributed by atoms with Crippen LogP contribution in [-0.2, 0) is 0 Å². The Kier molecular flexibility index (Phi) is 3.90. The maximum absolute atomic E-state index is 9.79. The highest BCUT2D eigenvalue weighted by atomic mass is 79.9. The number of rotatable bonds is 3. The van der Waals surface area contributed by atoms with Gasteiger partial charge in [0.05, 0.1) is 10.6 Å². The molecule has 0 aliphatic carbocycles. The minimum atomic E-state index is -0.632. The van der Waals surface area contributed by atoms with Crippen molar-refractivity contribution in [2.24, 2.45) is 0 Å². The van der Waals surface area contributed by atoms with Gasteiger partial charge in [0, 0.05) is 11.8 Å². The Morgan fingerprint density at radius 1 is 1.10 bits per heavy atom. The van der Waals surface area contributed by atoms with Gasteiger partial charge in [-0.15, -0.1) is 0 Å². The topological polar surface area (TPSA) is 42.4 Å². The number of aromatic nitrogens is 1. The molecule has 0 aliphatic rings. The fraction of sp³-hybridized carbons (Fsp3) is 0.118. The van der Waals surface area contributed by atoms with Gasteiger partial charge >= 0.3 is 0 Å². The largest absolute Gasteiger partial charge is 0.437 e. The maximum atomic E-state index is 9.79. The SMILES string of the molecule is C[C@@H](O)c1cccnc1Oc1ccc2ccccc2c1Br. The van der Waals surface area contributed by atoms with Crippen molar-refractivity contribution in [1.29, 1.82) is 0 Å². The number of fused-ring (bicyclic) bond motifs is 1. The molecule has 0 radical (unpaired) electrons. The smallest absolute Gasteiger partial charge is 0.225 e. The average Bonchev–Trinajstić information content (AvgIpc) is 2.51. The molecule has 106 valence electrons. The number of aliphatic hydroxyl groups is 1. The summed E-state index contributed by atoms with van der Waals surface area (Å²) < 4.78 is 6.77. The van der Waals surface area contributed by atoms with Crippen molar-refractivity contribution in [2.75, 3.05) is 0 Å². The van der Waals surface area contributed by atoms with Gasteiger partial charge in [0.1, 0.15) is 5.75 Å². The number of ether oxygens (including phenoxy) is 1. The van der Waals surface area contributed by atoms with E-state index in [9.17, 15) is 5.11 Å². The molecule has 21 heavy (non-hydrogen) atoms. The van der Waals surface area contributed by atoms with Crippen molar-refractivity contribution in [3.63, 3.8) is 0 Å². The van der Waals surface area contributed by atoms with Crippen LogP contribution in [0.15, 0.2) is 59.2 Å². The summed E-state index contributed by atoms with van der Waals surface area (Å²) in [5.74, 6) is 1.10. The lowest BCUT2D eigenvalue weighted by Gasteiger charge is -2.13. The summed E-state index contributed by atoms with van der Waals surface area (Å²) in [6.45, 7) is 1.69. The second kappa shape index (κ2) is 5.84. The fourth-order valence-electron chi connectivity index (χ4n) is 2.20. The van der Waals surface area contributed by atoms with E-state index in [0.717, 1.165) is 15.2 Å². The van der Waals surface area contributed by atoms with Crippen LogP contribution in [0.2, 0.25) is 0 Å². The molecule has 3 rings (SSSR count). The molecular weight excluding hydrogens is 330 g/mol. The molecule has 1 N–H and O–H groups in total. The van der Waals surface area contributed by atoms with Crippen molar-refractivity contribution in [1.82, 2.24) is 4.98 Å². The van der Waals surface area contributed by atoms with Crippen LogP contribution in [0.1, 0.15) is 18.6 Å². The first-order chi connectivity index (χ1) is 10.2. The second-order valence-corrected chi connectivity index (χ2v) is 5.57. The molecule has 0 aliphatic heterocycles. The third kappa shape index (κ3) is 2.77. The van der Waals surface area contributed by atoms with E-state index >= 15 is 0 Å². The Hall–Kier alpha value is -1.91. The second-order valence-electron chi connectivity index (χ2n) is 4.77. The van der Waals surface area contributed by atoms with Gasteiger partial charge < -0.3 is 9.84 Å². The minimum Gasteiger partial charge on any atom is -0.437 e. The molecule has 0 unspecified atom stereocenters. The van der Waals surface area contributed by atoms with E-state index in [1.165, 1.54) is 0 Å². The van der Waals surface area contributed by atoms with Crippen LogP contribution in [0.3, 0.4) is 0 Å². The monoisotopic (exact) mass is 343 g/mol.